The number of rotatable bonds is 8. The lowest BCUT2D eigenvalue weighted by molar-refractivity contribution is 0.0949. The standard InChI is InChI=1S/C26H27FN4O3S/c1-16-22(15-30(2)14-21(32)18-5-4-10-28-12-18)35-25-23(16)31(3)13-20(24(25)33)26(34)29-11-17-6-8-19(27)9-7-17/h4-10,12-13,21,32H,11,14-15H2,1-3H3,(H,29,34). The van der Waals surface area contributed by atoms with Crippen molar-refractivity contribution in [3.63, 3.8) is 0 Å². The van der Waals surface area contributed by atoms with Crippen LogP contribution in [-0.4, -0.2) is 39.1 Å². The van der Waals surface area contributed by atoms with E-state index in [0.717, 1.165) is 27.1 Å². The Bertz CT molecular complexity index is 1400. The van der Waals surface area contributed by atoms with Gasteiger partial charge in [0.15, 0.2) is 0 Å². The molecule has 9 heteroatoms. The number of aliphatic hydroxyl groups is 1. The molecule has 1 unspecified atom stereocenters. The lowest BCUT2D eigenvalue weighted by atomic mass is 10.1. The van der Waals surface area contributed by atoms with Crippen molar-refractivity contribution in [3.05, 3.63) is 98.2 Å². The molecule has 182 valence electrons. The average molecular weight is 495 g/mol. The van der Waals surface area contributed by atoms with E-state index in [0.29, 0.717) is 17.8 Å². The fraction of sp³-hybridized carbons (Fsp3) is 0.269. The smallest absolute Gasteiger partial charge is 0.257 e. The largest absolute Gasteiger partial charge is 0.387 e. The summed E-state index contributed by atoms with van der Waals surface area (Å²) < 4.78 is 15.4. The van der Waals surface area contributed by atoms with E-state index in [9.17, 15) is 19.1 Å². The molecule has 1 aromatic carbocycles. The van der Waals surface area contributed by atoms with E-state index in [1.54, 1.807) is 36.8 Å². The number of benzene rings is 1. The molecule has 0 saturated carbocycles. The summed E-state index contributed by atoms with van der Waals surface area (Å²) >= 11 is 1.37. The Labute approximate surface area is 206 Å². The maximum Gasteiger partial charge on any atom is 0.257 e. The number of hydrogen-bond donors (Lipinski definition) is 2. The Morgan fingerprint density at radius 2 is 2.03 bits per heavy atom. The minimum atomic E-state index is -0.675. The Hall–Kier alpha value is -3.40. The number of carbonyl (C=O) groups is 1. The zero-order valence-corrected chi connectivity index (χ0v) is 20.6. The molecule has 0 radical (unpaired) electrons. The van der Waals surface area contributed by atoms with Crippen molar-refractivity contribution in [2.24, 2.45) is 7.05 Å². The van der Waals surface area contributed by atoms with Crippen molar-refractivity contribution < 1.29 is 14.3 Å². The fourth-order valence-corrected chi connectivity index (χ4v) is 5.42. The number of nitrogens with zero attached hydrogens (tertiary/aromatic N) is 3. The molecule has 0 spiro atoms. The van der Waals surface area contributed by atoms with Gasteiger partial charge in [-0.25, -0.2) is 4.39 Å². The van der Waals surface area contributed by atoms with Crippen LogP contribution in [0, 0.1) is 12.7 Å². The number of aryl methyl sites for hydroxylation is 2. The number of nitrogens with one attached hydrogen (secondary N) is 1. The van der Waals surface area contributed by atoms with Gasteiger partial charge in [-0.3, -0.25) is 19.5 Å². The highest BCUT2D eigenvalue weighted by molar-refractivity contribution is 7.19. The van der Waals surface area contributed by atoms with Crippen molar-refractivity contribution in [2.45, 2.75) is 26.1 Å². The van der Waals surface area contributed by atoms with Gasteiger partial charge < -0.3 is 15.0 Å². The minimum absolute atomic E-state index is 0.0651. The monoisotopic (exact) mass is 494 g/mol. The van der Waals surface area contributed by atoms with Crippen LogP contribution in [0.4, 0.5) is 4.39 Å². The molecule has 2 N–H and O–H groups in total. The Kier molecular flexibility index (Phi) is 7.39. The summed E-state index contributed by atoms with van der Waals surface area (Å²) in [6, 6.07) is 9.46. The molecule has 3 aromatic heterocycles. The van der Waals surface area contributed by atoms with Crippen LogP contribution < -0.4 is 10.7 Å². The van der Waals surface area contributed by atoms with Gasteiger partial charge in [0.2, 0.25) is 5.43 Å². The molecule has 4 aromatic rings. The van der Waals surface area contributed by atoms with Crippen molar-refractivity contribution in [1.82, 2.24) is 19.8 Å². The number of likely N-dealkylation sites (N-methyl/N-ethyl adjacent to an activating group) is 1. The van der Waals surface area contributed by atoms with Gasteiger partial charge >= 0.3 is 0 Å². The summed E-state index contributed by atoms with van der Waals surface area (Å²) in [6.07, 6.45) is 4.20. The zero-order chi connectivity index (χ0) is 25.1. The first-order chi connectivity index (χ1) is 16.7. The quantitative estimate of drug-likeness (QED) is 0.391. The number of carbonyl (C=O) groups excluding carboxylic acids is 1. The Morgan fingerprint density at radius 3 is 2.71 bits per heavy atom. The third-order valence-corrected chi connectivity index (χ3v) is 7.18. The first kappa shape index (κ1) is 24.7. The van der Waals surface area contributed by atoms with Gasteiger partial charge in [-0.2, -0.15) is 0 Å². The highest BCUT2D eigenvalue weighted by atomic mass is 32.1. The lowest BCUT2D eigenvalue weighted by Crippen LogP contribution is -2.29. The predicted molar refractivity (Wildman–Crippen MR) is 135 cm³/mol. The molecule has 0 fully saturated rings. The summed E-state index contributed by atoms with van der Waals surface area (Å²) in [4.78, 5) is 33.1. The number of amides is 1. The fourth-order valence-electron chi connectivity index (χ4n) is 4.04. The molecular weight excluding hydrogens is 467 g/mol. The SMILES string of the molecule is Cc1c(CN(C)CC(O)c2cccnc2)sc2c(=O)c(C(=O)NCc3ccc(F)cc3)cn(C)c12. The first-order valence-corrected chi connectivity index (χ1v) is 12.0. The molecule has 3 heterocycles. The zero-order valence-electron chi connectivity index (χ0n) is 19.8. The molecule has 1 amide bonds. The van der Waals surface area contributed by atoms with Crippen molar-refractivity contribution in [2.75, 3.05) is 13.6 Å². The average Bonchev–Trinajstić information content (AvgIpc) is 3.17. The van der Waals surface area contributed by atoms with E-state index in [4.69, 9.17) is 0 Å². The van der Waals surface area contributed by atoms with E-state index in [2.05, 4.69) is 10.3 Å². The Balaban J connectivity index is 1.53. The van der Waals surface area contributed by atoms with E-state index < -0.39 is 12.0 Å². The van der Waals surface area contributed by atoms with Gasteiger partial charge in [0.1, 0.15) is 11.4 Å². The van der Waals surface area contributed by atoms with Gasteiger partial charge in [0.25, 0.3) is 5.91 Å². The number of halogens is 1. The second-order valence-corrected chi connectivity index (χ2v) is 9.72. The molecule has 7 nitrogen and oxygen atoms in total. The number of pyridine rings is 2. The van der Waals surface area contributed by atoms with Gasteiger partial charge in [0.05, 0.1) is 16.3 Å². The summed E-state index contributed by atoms with van der Waals surface area (Å²) in [5, 5.41) is 13.3. The maximum atomic E-state index is 13.2. The van der Waals surface area contributed by atoms with Crippen LogP contribution in [0.15, 0.2) is 59.8 Å². The molecular formula is C26H27FN4O3S. The van der Waals surface area contributed by atoms with Crippen molar-refractivity contribution in [1.29, 1.82) is 0 Å². The molecule has 0 aliphatic rings. The molecule has 0 aliphatic heterocycles. The maximum absolute atomic E-state index is 13.2. The van der Waals surface area contributed by atoms with Crippen LogP contribution in [-0.2, 0) is 20.1 Å². The molecule has 4 rings (SSSR count). The molecule has 0 bridgehead atoms. The minimum Gasteiger partial charge on any atom is -0.387 e. The normalized spacial score (nSPS) is 12.3. The Morgan fingerprint density at radius 1 is 1.29 bits per heavy atom. The second-order valence-electron chi connectivity index (χ2n) is 8.62. The van der Waals surface area contributed by atoms with Crippen molar-refractivity contribution >= 4 is 27.5 Å². The van der Waals surface area contributed by atoms with Crippen LogP contribution in [0.3, 0.4) is 0 Å². The van der Waals surface area contributed by atoms with E-state index >= 15 is 0 Å². The lowest BCUT2D eigenvalue weighted by Gasteiger charge is -2.20. The van der Waals surface area contributed by atoms with Gasteiger partial charge in [-0.15, -0.1) is 11.3 Å². The number of fused-ring (bicyclic) bond motifs is 1. The van der Waals surface area contributed by atoms with E-state index in [-0.39, 0.29) is 23.4 Å². The first-order valence-electron chi connectivity index (χ1n) is 11.2. The number of thiophene rings is 1. The van der Waals surface area contributed by atoms with Crippen LogP contribution in [0.2, 0.25) is 0 Å². The summed E-state index contributed by atoms with van der Waals surface area (Å²) in [6.45, 7) is 3.12. The summed E-state index contributed by atoms with van der Waals surface area (Å²) in [5.41, 5.74) is 3.01. The van der Waals surface area contributed by atoms with Crippen LogP contribution in [0.1, 0.15) is 38.0 Å². The van der Waals surface area contributed by atoms with Crippen LogP contribution >= 0.6 is 11.3 Å². The van der Waals surface area contributed by atoms with Gasteiger partial charge in [0, 0.05) is 55.7 Å². The van der Waals surface area contributed by atoms with Crippen molar-refractivity contribution in [3.8, 4) is 0 Å². The highest BCUT2D eigenvalue weighted by Gasteiger charge is 2.21. The summed E-state index contributed by atoms with van der Waals surface area (Å²) in [7, 11) is 3.73. The summed E-state index contributed by atoms with van der Waals surface area (Å²) in [5.74, 6) is -0.818. The highest BCUT2D eigenvalue weighted by Crippen LogP contribution is 2.30. The molecule has 0 aliphatic carbocycles. The number of aromatic nitrogens is 2. The molecule has 0 saturated heterocycles. The number of hydrogen-bond acceptors (Lipinski definition) is 6. The van der Waals surface area contributed by atoms with Crippen LogP contribution in [0.25, 0.3) is 10.2 Å². The topological polar surface area (TPSA) is 87.5 Å². The third kappa shape index (κ3) is 5.48. The second kappa shape index (κ2) is 10.5. The van der Waals surface area contributed by atoms with E-state index in [1.807, 2.05) is 36.6 Å². The number of aliphatic hydroxyl groups excluding tert-OH is 1. The van der Waals surface area contributed by atoms with Crippen LogP contribution in [0.5, 0.6) is 0 Å². The van der Waals surface area contributed by atoms with Gasteiger partial charge in [-0.1, -0.05) is 18.2 Å². The molecule has 1 atom stereocenters. The van der Waals surface area contributed by atoms with Gasteiger partial charge in [-0.05, 0) is 43.3 Å². The predicted octanol–water partition coefficient (Wildman–Crippen LogP) is 3.54. The third-order valence-electron chi connectivity index (χ3n) is 5.92. The molecule has 35 heavy (non-hydrogen) atoms. The van der Waals surface area contributed by atoms with E-state index in [1.165, 1.54) is 23.5 Å².